The Labute approximate surface area is 88.4 Å². The lowest BCUT2D eigenvalue weighted by atomic mass is 10.3. The highest BCUT2D eigenvalue weighted by molar-refractivity contribution is 7.89. The number of sulfonamides is 1. The zero-order valence-electron chi connectivity index (χ0n) is 8.62. The summed E-state index contributed by atoms with van der Waals surface area (Å²) < 4.78 is 39.9. The summed E-state index contributed by atoms with van der Waals surface area (Å²) in [7, 11) is -3.90. The molecule has 0 bridgehead atoms. The highest BCUT2D eigenvalue weighted by Crippen LogP contribution is 1.98. The van der Waals surface area contributed by atoms with Crippen LogP contribution in [0, 0.1) is 0 Å². The Morgan fingerprint density at radius 2 is 2.13 bits per heavy atom. The normalized spacial score (nSPS) is 13.3. The van der Waals surface area contributed by atoms with E-state index in [0.29, 0.717) is 0 Å². The summed E-state index contributed by atoms with van der Waals surface area (Å²) in [6.45, 7) is 6.16. The monoisotopic (exact) mass is 239 g/mol. The smallest absolute Gasteiger partial charge is 0.333 e. The van der Waals surface area contributed by atoms with Crippen LogP contribution in [0.1, 0.15) is 13.8 Å². The molecule has 15 heavy (non-hydrogen) atoms. The molecule has 7 heteroatoms. The molecule has 1 N–H and O–H groups in total. The van der Waals surface area contributed by atoms with Gasteiger partial charge < -0.3 is 4.74 Å². The van der Waals surface area contributed by atoms with Crippen molar-refractivity contribution >= 4 is 16.0 Å². The number of carbonyl (C=O) groups excluding carboxylic acids is 1. The Morgan fingerprint density at radius 1 is 1.60 bits per heavy atom. The average molecular weight is 239 g/mol. The highest BCUT2D eigenvalue weighted by atomic mass is 32.2. The number of carbonyl (C=O) groups is 1. The highest BCUT2D eigenvalue weighted by Gasteiger charge is 2.14. The van der Waals surface area contributed by atoms with Crippen molar-refractivity contribution in [1.82, 2.24) is 4.72 Å². The molecule has 0 amide bonds. The minimum atomic E-state index is -3.90. The maximum absolute atomic E-state index is 11.8. The van der Waals surface area contributed by atoms with E-state index in [9.17, 15) is 17.6 Å². The minimum Gasteiger partial charge on any atom is -0.458 e. The van der Waals surface area contributed by atoms with Gasteiger partial charge in [-0.2, -0.15) is 0 Å². The lowest BCUT2D eigenvalue weighted by Crippen LogP contribution is -2.34. The van der Waals surface area contributed by atoms with Crippen molar-refractivity contribution in [2.24, 2.45) is 0 Å². The number of hydrogen-bond acceptors (Lipinski definition) is 4. The summed E-state index contributed by atoms with van der Waals surface area (Å²) in [5, 5.41) is 0. The van der Waals surface area contributed by atoms with Crippen molar-refractivity contribution in [3.63, 3.8) is 0 Å². The lowest BCUT2D eigenvalue weighted by molar-refractivity contribution is -0.143. The number of hydrogen-bond donors (Lipinski definition) is 1. The van der Waals surface area contributed by atoms with Gasteiger partial charge in [0.1, 0.15) is 6.10 Å². The number of rotatable bonds is 6. The van der Waals surface area contributed by atoms with Gasteiger partial charge in [0.15, 0.2) is 0 Å². The molecule has 0 saturated carbocycles. The van der Waals surface area contributed by atoms with Crippen molar-refractivity contribution in [2.45, 2.75) is 20.0 Å². The summed E-state index contributed by atoms with van der Waals surface area (Å²) in [6, 6.07) is -1.49. The molecule has 0 rings (SSSR count). The molecule has 0 aliphatic heterocycles. The molecule has 0 heterocycles. The second-order valence-electron chi connectivity index (χ2n) is 3.07. The van der Waals surface area contributed by atoms with Crippen LogP contribution in [0.15, 0.2) is 12.2 Å². The minimum absolute atomic E-state index is 0.161. The van der Waals surface area contributed by atoms with Gasteiger partial charge in [0.05, 0.1) is 0 Å². The molecule has 0 aliphatic carbocycles. The number of nitrogens with one attached hydrogen (secondary N) is 1. The SMILES string of the molecule is C=C(C)C(=O)OC(C)CNS(=O)(=O)CF. The molecule has 0 aromatic rings. The Hall–Kier alpha value is -0.950. The first-order valence-electron chi connectivity index (χ1n) is 4.18. The van der Waals surface area contributed by atoms with Gasteiger partial charge in [-0.3, -0.25) is 0 Å². The maximum atomic E-state index is 11.8. The summed E-state index contributed by atoms with van der Waals surface area (Å²) in [5.74, 6) is -0.609. The lowest BCUT2D eigenvalue weighted by Gasteiger charge is -2.13. The molecule has 0 fully saturated rings. The van der Waals surface area contributed by atoms with E-state index in [0.717, 1.165) is 0 Å². The van der Waals surface area contributed by atoms with Gasteiger partial charge in [-0.1, -0.05) is 6.58 Å². The molecule has 0 spiro atoms. The third kappa shape index (κ3) is 6.19. The molecule has 1 unspecified atom stereocenters. The van der Waals surface area contributed by atoms with Crippen LogP contribution in [0.5, 0.6) is 0 Å². The maximum Gasteiger partial charge on any atom is 0.333 e. The van der Waals surface area contributed by atoms with Gasteiger partial charge >= 0.3 is 5.97 Å². The first kappa shape index (κ1) is 14.1. The van der Waals surface area contributed by atoms with Crippen LogP contribution < -0.4 is 4.72 Å². The van der Waals surface area contributed by atoms with E-state index >= 15 is 0 Å². The second kappa shape index (κ2) is 5.82. The van der Waals surface area contributed by atoms with Crippen molar-refractivity contribution in [3.05, 3.63) is 12.2 Å². The van der Waals surface area contributed by atoms with Crippen LogP contribution >= 0.6 is 0 Å². The topological polar surface area (TPSA) is 72.5 Å². The molecule has 0 aromatic heterocycles. The van der Waals surface area contributed by atoms with E-state index in [-0.39, 0.29) is 12.1 Å². The van der Waals surface area contributed by atoms with E-state index in [4.69, 9.17) is 4.74 Å². The van der Waals surface area contributed by atoms with Crippen LogP contribution in [-0.2, 0) is 19.6 Å². The Bertz CT molecular complexity index is 339. The summed E-state index contributed by atoms with van der Waals surface area (Å²) in [5.41, 5.74) is 0.218. The molecule has 5 nitrogen and oxygen atoms in total. The molecule has 0 aromatic carbocycles. The van der Waals surface area contributed by atoms with E-state index in [1.807, 2.05) is 4.72 Å². The number of esters is 1. The van der Waals surface area contributed by atoms with E-state index < -0.39 is 28.1 Å². The third-order valence-electron chi connectivity index (χ3n) is 1.39. The van der Waals surface area contributed by atoms with Crippen LogP contribution in [-0.4, -0.2) is 33.0 Å². The summed E-state index contributed by atoms with van der Waals surface area (Å²) >= 11 is 0. The zero-order valence-corrected chi connectivity index (χ0v) is 9.43. The zero-order chi connectivity index (χ0) is 12.1. The fourth-order valence-corrected chi connectivity index (χ4v) is 1.17. The number of halogens is 1. The standard InChI is InChI=1S/C8H14FNO4S/c1-6(2)8(11)14-7(3)4-10-15(12,13)5-9/h7,10H,1,4-5H2,2-3H3. The van der Waals surface area contributed by atoms with Gasteiger partial charge in [-0.15, -0.1) is 0 Å². The van der Waals surface area contributed by atoms with E-state index in [1.54, 1.807) is 0 Å². The summed E-state index contributed by atoms with van der Waals surface area (Å²) in [6.07, 6.45) is -0.671. The van der Waals surface area contributed by atoms with Crippen LogP contribution in [0.25, 0.3) is 0 Å². The second-order valence-corrected chi connectivity index (χ2v) is 4.80. The van der Waals surface area contributed by atoms with Crippen LogP contribution in [0.2, 0.25) is 0 Å². The largest absolute Gasteiger partial charge is 0.458 e. The van der Waals surface area contributed by atoms with E-state index in [2.05, 4.69) is 6.58 Å². The van der Waals surface area contributed by atoms with Gasteiger partial charge in [-0.05, 0) is 13.8 Å². The fraction of sp³-hybridized carbons (Fsp3) is 0.625. The van der Waals surface area contributed by atoms with E-state index in [1.165, 1.54) is 13.8 Å². The van der Waals surface area contributed by atoms with Crippen LogP contribution in [0.3, 0.4) is 0 Å². The van der Waals surface area contributed by atoms with Gasteiger partial charge in [0.2, 0.25) is 16.0 Å². The first-order valence-corrected chi connectivity index (χ1v) is 5.83. The van der Waals surface area contributed by atoms with Crippen molar-refractivity contribution in [3.8, 4) is 0 Å². The molecule has 88 valence electrons. The molecule has 1 atom stereocenters. The molecular formula is C8H14FNO4S. The van der Waals surface area contributed by atoms with Crippen molar-refractivity contribution < 1.29 is 22.3 Å². The fourth-order valence-electron chi connectivity index (χ4n) is 0.608. The molecule has 0 aliphatic rings. The Balaban J connectivity index is 4.01. The predicted molar refractivity (Wildman–Crippen MR) is 53.3 cm³/mol. The third-order valence-corrected chi connectivity index (χ3v) is 2.28. The molecular weight excluding hydrogens is 225 g/mol. The van der Waals surface area contributed by atoms with Gasteiger partial charge in [0.25, 0.3) is 0 Å². The molecule has 0 saturated heterocycles. The number of alkyl halides is 1. The van der Waals surface area contributed by atoms with Gasteiger partial charge in [-0.25, -0.2) is 22.3 Å². The van der Waals surface area contributed by atoms with Crippen LogP contribution in [0.4, 0.5) is 4.39 Å². The van der Waals surface area contributed by atoms with Crippen molar-refractivity contribution in [1.29, 1.82) is 0 Å². The Kier molecular flexibility index (Phi) is 5.45. The first-order chi connectivity index (χ1) is 6.78. The predicted octanol–water partition coefficient (Wildman–Crippen LogP) is 0.341. The number of ether oxygens (including phenoxy) is 1. The summed E-state index contributed by atoms with van der Waals surface area (Å²) in [4.78, 5) is 11.0. The average Bonchev–Trinajstić information content (AvgIpc) is 2.15. The van der Waals surface area contributed by atoms with Gasteiger partial charge in [0, 0.05) is 12.1 Å². The van der Waals surface area contributed by atoms with Crippen molar-refractivity contribution in [2.75, 3.05) is 12.6 Å². The Morgan fingerprint density at radius 3 is 2.53 bits per heavy atom. The quantitative estimate of drug-likeness (QED) is 0.536. The molecule has 0 radical (unpaired) electrons.